The molecule has 6 nitrogen and oxygen atoms in total. The third-order valence-corrected chi connectivity index (χ3v) is 7.28. The van der Waals surface area contributed by atoms with Gasteiger partial charge in [0, 0.05) is 0 Å². The second kappa shape index (κ2) is 6.40. The molecule has 1 N–H and O–H groups in total. The minimum atomic E-state index is -4.95. The fraction of sp³-hybridized carbons (Fsp3) is 0.462. The van der Waals surface area contributed by atoms with E-state index in [4.69, 9.17) is 0 Å². The second-order valence-corrected chi connectivity index (χ2v) is 8.47. The molecule has 2 rings (SSSR count). The Labute approximate surface area is 138 Å². The molecule has 0 heterocycles. The van der Waals surface area contributed by atoms with Crippen molar-refractivity contribution in [3.63, 3.8) is 0 Å². The van der Waals surface area contributed by atoms with Crippen molar-refractivity contribution in [2.45, 2.75) is 41.5 Å². The van der Waals surface area contributed by atoms with E-state index >= 15 is 0 Å². The summed E-state index contributed by atoms with van der Waals surface area (Å²) in [5.74, 6) is 0. The van der Waals surface area contributed by atoms with E-state index in [1.807, 2.05) is 0 Å². The van der Waals surface area contributed by atoms with Crippen LogP contribution >= 0.6 is 0 Å². The highest BCUT2D eigenvalue weighted by Gasteiger charge is 2.58. The van der Waals surface area contributed by atoms with Crippen molar-refractivity contribution in [2.75, 3.05) is 0 Å². The SMILES string of the molecule is [N-]=[N+]=C(C1(S(=O)O)CCCC1)S(=O)(=O)c1ccccc1C(F)(F)F. The Morgan fingerprint density at radius 1 is 1.25 bits per heavy atom. The molecule has 1 aliphatic rings. The monoisotopic (exact) mass is 382 g/mol. The van der Waals surface area contributed by atoms with Gasteiger partial charge in [-0.3, -0.25) is 0 Å². The first-order valence-corrected chi connectivity index (χ1v) is 9.41. The van der Waals surface area contributed by atoms with E-state index in [-0.39, 0.29) is 12.8 Å². The van der Waals surface area contributed by atoms with Crippen molar-refractivity contribution >= 4 is 26.0 Å². The molecule has 0 spiro atoms. The largest absolute Gasteiger partial charge is 0.417 e. The Morgan fingerprint density at radius 2 is 1.79 bits per heavy atom. The number of nitrogens with zero attached hydrogens (tertiary/aromatic N) is 2. The van der Waals surface area contributed by atoms with Crippen molar-refractivity contribution in [1.82, 2.24) is 0 Å². The first-order valence-electron chi connectivity index (χ1n) is 6.82. The number of hydrogen-bond acceptors (Lipinski definition) is 3. The van der Waals surface area contributed by atoms with Gasteiger partial charge in [0.25, 0.3) is 9.84 Å². The highest BCUT2D eigenvalue weighted by molar-refractivity contribution is 8.08. The van der Waals surface area contributed by atoms with E-state index in [1.54, 1.807) is 0 Å². The van der Waals surface area contributed by atoms with E-state index < -0.39 is 47.3 Å². The molecule has 1 unspecified atom stereocenters. The fourth-order valence-electron chi connectivity index (χ4n) is 2.84. The summed E-state index contributed by atoms with van der Waals surface area (Å²) in [6.45, 7) is 0. The molecule has 1 saturated carbocycles. The molecule has 1 atom stereocenters. The van der Waals surface area contributed by atoms with E-state index in [0.717, 1.165) is 18.2 Å². The van der Waals surface area contributed by atoms with Gasteiger partial charge in [0.05, 0.1) is 10.5 Å². The Morgan fingerprint density at radius 3 is 2.25 bits per heavy atom. The molecular formula is C13H13F3N2O4S2. The summed E-state index contributed by atoms with van der Waals surface area (Å²) in [5.41, 5.74) is 7.75. The lowest BCUT2D eigenvalue weighted by Gasteiger charge is -2.20. The quantitative estimate of drug-likeness (QED) is 0.285. The molecule has 0 aliphatic heterocycles. The van der Waals surface area contributed by atoms with Crippen molar-refractivity contribution in [3.05, 3.63) is 35.4 Å². The zero-order chi connectivity index (χ0) is 18.2. The number of benzene rings is 1. The van der Waals surface area contributed by atoms with Gasteiger partial charge in [0.15, 0.2) is 15.8 Å². The van der Waals surface area contributed by atoms with Crippen LogP contribution in [0.5, 0.6) is 0 Å². The summed E-state index contributed by atoms with van der Waals surface area (Å²) in [6, 6.07) is 3.42. The minimum Gasteiger partial charge on any atom is -0.360 e. The first kappa shape index (κ1) is 18.8. The zero-order valence-electron chi connectivity index (χ0n) is 12.2. The Balaban J connectivity index is 2.71. The van der Waals surface area contributed by atoms with Crippen molar-refractivity contribution in [2.24, 2.45) is 0 Å². The van der Waals surface area contributed by atoms with Crippen LogP contribution in [0.1, 0.15) is 31.2 Å². The molecule has 0 bridgehead atoms. The van der Waals surface area contributed by atoms with Gasteiger partial charge in [-0.05, 0) is 25.0 Å². The second-order valence-electron chi connectivity index (χ2n) is 5.35. The van der Waals surface area contributed by atoms with Crippen LogP contribution in [0.4, 0.5) is 13.2 Å². The highest BCUT2D eigenvalue weighted by Crippen LogP contribution is 2.40. The number of sulfone groups is 1. The molecule has 1 aromatic rings. The molecule has 0 amide bonds. The molecule has 11 heteroatoms. The van der Waals surface area contributed by atoms with Gasteiger partial charge in [-0.1, -0.05) is 25.0 Å². The third kappa shape index (κ3) is 3.04. The molecule has 0 saturated heterocycles. The summed E-state index contributed by atoms with van der Waals surface area (Å²) in [5, 5.41) is -1.11. The van der Waals surface area contributed by atoms with E-state index in [2.05, 4.69) is 4.79 Å². The van der Waals surface area contributed by atoms with E-state index in [9.17, 15) is 35.9 Å². The van der Waals surface area contributed by atoms with Crippen LogP contribution in [0, 0.1) is 0 Å². The lowest BCUT2D eigenvalue weighted by atomic mass is 10.1. The van der Waals surface area contributed by atoms with Crippen molar-refractivity contribution in [1.29, 1.82) is 0 Å². The molecule has 24 heavy (non-hydrogen) atoms. The number of alkyl halides is 3. The zero-order valence-corrected chi connectivity index (χ0v) is 13.8. The maximum atomic E-state index is 13.1. The van der Waals surface area contributed by atoms with Crippen LogP contribution in [0.25, 0.3) is 5.53 Å². The van der Waals surface area contributed by atoms with Gasteiger partial charge in [-0.15, -0.1) is 0 Å². The predicted octanol–water partition coefficient (Wildman–Crippen LogP) is 2.64. The van der Waals surface area contributed by atoms with Crippen LogP contribution in [-0.4, -0.2) is 31.8 Å². The molecule has 0 aromatic heterocycles. The lowest BCUT2D eigenvalue weighted by Crippen LogP contribution is -2.45. The van der Waals surface area contributed by atoms with E-state index in [1.165, 1.54) is 0 Å². The minimum absolute atomic E-state index is 0.0804. The summed E-state index contributed by atoms with van der Waals surface area (Å²) in [6.07, 6.45) is -4.33. The standard InChI is InChI=1S/C13H13F3N2O4S2/c14-13(15,16)9-5-1-2-6-10(9)24(21,22)11(18-17)12(23(19)20)7-3-4-8-12/h1-2,5-6H,3-4,7-8H2,(H,19,20). The van der Waals surface area contributed by atoms with Gasteiger partial charge in [0.2, 0.25) is 0 Å². The van der Waals surface area contributed by atoms with Crippen LogP contribution in [0.15, 0.2) is 29.2 Å². The summed E-state index contributed by atoms with van der Waals surface area (Å²) < 4.78 is 84.0. The molecule has 1 fully saturated rings. The van der Waals surface area contributed by atoms with Crippen LogP contribution < -0.4 is 0 Å². The van der Waals surface area contributed by atoms with Crippen molar-refractivity contribution in [3.8, 4) is 0 Å². The Bertz CT molecular complexity index is 824. The number of hydrogen-bond donors (Lipinski definition) is 1. The smallest absolute Gasteiger partial charge is 0.360 e. The van der Waals surface area contributed by atoms with Crippen LogP contribution in [0.2, 0.25) is 0 Å². The number of rotatable bonds is 3. The van der Waals surface area contributed by atoms with Gasteiger partial charge in [-0.2, -0.15) is 18.0 Å². The maximum absolute atomic E-state index is 13.1. The van der Waals surface area contributed by atoms with Gasteiger partial charge >= 0.3 is 11.2 Å². The van der Waals surface area contributed by atoms with E-state index in [0.29, 0.717) is 18.9 Å². The molecule has 132 valence electrons. The topological polar surface area (TPSA) is 108 Å². The predicted molar refractivity (Wildman–Crippen MR) is 79.2 cm³/mol. The average molecular weight is 382 g/mol. The summed E-state index contributed by atoms with van der Waals surface area (Å²) in [4.78, 5) is 1.53. The molecular weight excluding hydrogens is 369 g/mol. The Hall–Kier alpha value is -1.55. The summed E-state index contributed by atoms with van der Waals surface area (Å²) >= 11 is -2.73. The van der Waals surface area contributed by atoms with Gasteiger partial charge in [0.1, 0.15) is 0 Å². The van der Waals surface area contributed by atoms with Crippen molar-refractivity contribution < 1.29 is 35.1 Å². The normalized spacial score (nSPS) is 18.8. The van der Waals surface area contributed by atoms with Crippen LogP contribution in [0.3, 0.4) is 0 Å². The summed E-state index contributed by atoms with van der Waals surface area (Å²) in [7, 11) is -4.92. The molecule has 1 aromatic carbocycles. The first-order chi connectivity index (χ1) is 11.1. The Kier molecular flexibility index (Phi) is 5.01. The molecule has 1 aliphatic carbocycles. The van der Waals surface area contributed by atoms with Gasteiger partial charge < -0.3 is 10.1 Å². The lowest BCUT2D eigenvalue weighted by molar-refractivity contribution is -0.139. The number of halogens is 3. The van der Waals surface area contributed by atoms with Crippen LogP contribution in [-0.2, 0) is 27.1 Å². The fourth-order valence-corrected chi connectivity index (χ4v) is 5.95. The molecule has 0 radical (unpaired) electrons. The highest BCUT2D eigenvalue weighted by atomic mass is 32.2. The van der Waals surface area contributed by atoms with Gasteiger partial charge in [-0.25, -0.2) is 12.6 Å². The maximum Gasteiger partial charge on any atom is 0.417 e. The average Bonchev–Trinajstić information content (AvgIpc) is 2.97. The third-order valence-electron chi connectivity index (χ3n) is 3.96.